The third-order valence-electron chi connectivity index (χ3n) is 5.13. The molecular weight excluding hydrogens is 366 g/mol. The summed E-state index contributed by atoms with van der Waals surface area (Å²) in [4.78, 5) is 11.0. The molecular formula is C22H25N5S. The first kappa shape index (κ1) is 18.6. The lowest BCUT2D eigenvalue weighted by molar-refractivity contribution is 0.309. The summed E-state index contributed by atoms with van der Waals surface area (Å²) in [5, 5.41) is 4.26. The van der Waals surface area contributed by atoms with Crippen molar-refractivity contribution < 1.29 is 0 Å². The van der Waals surface area contributed by atoms with Crippen LogP contribution < -0.4 is 5.32 Å². The normalized spacial score (nSPS) is 19.7. The lowest BCUT2D eigenvalue weighted by Crippen LogP contribution is -2.29. The average Bonchev–Trinajstić information content (AvgIpc) is 3.29. The molecule has 4 heterocycles. The van der Waals surface area contributed by atoms with Crippen LogP contribution in [0.4, 0.5) is 0 Å². The molecule has 1 N–H and O–H groups in total. The van der Waals surface area contributed by atoms with Crippen molar-refractivity contribution in [1.82, 2.24) is 24.8 Å². The van der Waals surface area contributed by atoms with Gasteiger partial charge in [0.15, 0.2) is 5.11 Å². The maximum atomic E-state index is 5.74. The first-order chi connectivity index (χ1) is 13.4. The number of pyridine rings is 2. The summed E-state index contributed by atoms with van der Waals surface area (Å²) in [6.45, 7) is 7.35. The van der Waals surface area contributed by atoms with Crippen molar-refractivity contribution in [2.75, 3.05) is 0 Å². The Morgan fingerprint density at radius 1 is 1.07 bits per heavy atom. The fourth-order valence-corrected chi connectivity index (χ4v) is 3.93. The number of hydrogen-bond donors (Lipinski definition) is 1. The van der Waals surface area contributed by atoms with E-state index >= 15 is 0 Å². The van der Waals surface area contributed by atoms with Crippen molar-refractivity contribution in [2.45, 2.75) is 44.9 Å². The summed E-state index contributed by atoms with van der Waals surface area (Å²) >= 11 is 5.74. The molecule has 0 aliphatic carbocycles. The minimum Gasteiger partial charge on any atom is -0.352 e. The Morgan fingerprint density at radius 3 is 2.50 bits per heavy atom. The SMILES string of the molecule is CC(C)(C)n1ccc([C@@H]2[C@@H](c3ccccn3)NC(=S)N2Cc2ccncc2)c1. The van der Waals surface area contributed by atoms with Gasteiger partial charge in [0.05, 0.1) is 17.8 Å². The minimum absolute atomic E-state index is 0.00588. The summed E-state index contributed by atoms with van der Waals surface area (Å²) in [5.74, 6) is 0. The Labute approximate surface area is 171 Å². The zero-order valence-electron chi connectivity index (χ0n) is 16.4. The molecule has 1 fully saturated rings. The van der Waals surface area contributed by atoms with E-state index in [9.17, 15) is 0 Å². The molecule has 0 bridgehead atoms. The van der Waals surface area contributed by atoms with Gasteiger partial charge in [0.25, 0.3) is 0 Å². The molecule has 2 atom stereocenters. The van der Waals surface area contributed by atoms with Crippen LogP contribution in [0.3, 0.4) is 0 Å². The molecule has 0 aromatic carbocycles. The van der Waals surface area contributed by atoms with E-state index < -0.39 is 0 Å². The number of thiocarbonyl (C=S) groups is 1. The van der Waals surface area contributed by atoms with Gasteiger partial charge in [0.2, 0.25) is 0 Å². The van der Waals surface area contributed by atoms with E-state index in [-0.39, 0.29) is 17.6 Å². The monoisotopic (exact) mass is 391 g/mol. The molecule has 0 radical (unpaired) electrons. The van der Waals surface area contributed by atoms with Crippen molar-refractivity contribution >= 4 is 17.3 Å². The van der Waals surface area contributed by atoms with E-state index in [4.69, 9.17) is 12.2 Å². The van der Waals surface area contributed by atoms with Gasteiger partial charge in [-0.2, -0.15) is 0 Å². The molecule has 5 nitrogen and oxygen atoms in total. The van der Waals surface area contributed by atoms with Crippen molar-refractivity contribution in [2.24, 2.45) is 0 Å². The summed E-state index contributed by atoms with van der Waals surface area (Å²) in [6, 6.07) is 12.4. The predicted octanol–water partition coefficient (Wildman–Crippen LogP) is 4.21. The van der Waals surface area contributed by atoms with Gasteiger partial charge in [-0.3, -0.25) is 9.97 Å². The average molecular weight is 392 g/mol. The lowest BCUT2D eigenvalue weighted by Gasteiger charge is -2.28. The summed E-state index contributed by atoms with van der Waals surface area (Å²) < 4.78 is 2.25. The maximum Gasteiger partial charge on any atom is 0.170 e. The van der Waals surface area contributed by atoms with Gasteiger partial charge in [-0.25, -0.2) is 0 Å². The highest BCUT2D eigenvalue weighted by Gasteiger charge is 2.40. The molecule has 0 unspecified atom stereocenters. The van der Waals surface area contributed by atoms with Crippen molar-refractivity contribution in [3.05, 3.63) is 84.2 Å². The molecule has 144 valence electrons. The molecule has 28 heavy (non-hydrogen) atoms. The standard InChI is InChI=1S/C22H25N5S/c1-22(2,3)26-13-9-17(15-26)20-19(18-6-4-5-10-24-18)25-21(28)27(20)14-16-7-11-23-12-8-16/h4-13,15,19-20H,14H2,1-3H3,(H,25,28)/t19-,20-/m1/s1. The molecule has 4 rings (SSSR count). The molecule has 0 saturated carbocycles. The zero-order valence-corrected chi connectivity index (χ0v) is 17.2. The number of rotatable bonds is 4. The fourth-order valence-electron chi connectivity index (χ4n) is 3.63. The highest BCUT2D eigenvalue weighted by Crippen LogP contribution is 2.40. The second-order valence-electron chi connectivity index (χ2n) is 8.13. The highest BCUT2D eigenvalue weighted by molar-refractivity contribution is 7.80. The van der Waals surface area contributed by atoms with Crippen LogP contribution >= 0.6 is 12.2 Å². The van der Waals surface area contributed by atoms with Crippen molar-refractivity contribution in [3.8, 4) is 0 Å². The van der Waals surface area contributed by atoms with Gasteiger partial charge >= 0.3 is 0 Å². The Bertz CT molecular complexity index is 946. The molecule has 1 aliphatic rings. The molecule has 0 spiro atoms. The Kier molecular flexibility index (Phi) is 4.89. The lowest BCUT2D eigenvalue weighted by atomic mass is 9.98. The quantitative estimate of drug-likeness (QED) is 0.675. The van der Waals surface area contributed by atoms with E-state index in [0.29, 0.717) is 0 Å². The highest BCUT2D eigenvalue weighted by atomic mass is 32.1. The van der Waals surface area contributed by atoms with Crippen LogP contribution in [0.2, 0.25) is 0 Å². The zero-order chi connectivity index (χ0) is 19.7. The summed E-state index contributed by atoms with van der Waals surface area (Å²) in [7, 11) is 0. The second kappa shape index (κ2) is 7.36. The van der Waals surface area contributed by atoms with Gasteiger partial charge in [-0.15, -0.1) is 0 Å². The predicted molar refractivity (Wildman–Crippen MR) is 115 cm³/mol. The molecule has 3 aromatic heterocycles. The van der Waals surface area contributed by atoms with Crippen LogP contribution in [0.5, 0.6) is 0 Å². The second-order valence-corrected chi connectivity index (χ2v) is 8.52. The van der Waals surface area contributed by atoms with Gasteiger partial charge in [0.1, 0.15) is 0 Å². The van der Waals surface area contributed by atoms with E-state index in [1.807, 2.05) is 42.9 Å². The smallest absolute Gasteiger partial charge is 0.170 e. The minimum atomic E-state index is 0.00588. The van der Waals surface area contributed by atoms with Gasteiger partial charge < -0.3 is 14.8 Å². The van der Waals surface area contributed by atoms with E-state index in [1.165, 1.54) is 11.1 Å². The van der Waals surface area contributed by atoms with Gasteiger partial charge in [-0.05, 0) is 74.4 Å². The molecule has 1 aliphatic heterocycles. The topological polar surface area (TPSA) is 46.0 Å². The van der Waals surface area contributed by atoms with Crippen LogP contribution in [-0.2, 0) is 12.1 Å². The third kappa shape index (κ3) is 3.64. The van der Waals surface area contributed by atoms with E-state index in [2.05, 4.69) is 70.0 Å². The van der Waals surface area contributed by atoms with Crippen LogP contribution in [-0.4, -0.2) is 24.5 Å². The van der Waals surface area contributed by atoms with Crippen LogP contribution in [0, 0.1) is 0 Å². The van der Waals surface area contributed by atoms with E-state index in [0.717, 1.165) is 17.4 Å². The first-order valence-corrected chi connectivity index (χ1v) is 9.89. The Morgan fingerprint density at radius 2 is 1.86 bits per heavy atom. The number of aromatic nitrogens is 3. The summed E-state index contributed by atoms with van der Waals surface area (Å²) in [5.41, 5.74) is 3.44. The van der Waals surface area contributed by atoms with Crippen LogP contribution in [0.25, 0.3) is 0 Å². The molecule has 6 heteroatoms. The number of nitrogens with zero attached hydrogens (tertiary/aromatic N) is 4. The largest absolute Gasteiger partial charge is 0.352 e. The third-order valence-corrected chi connectivity index (χ3v) is 5.48. The number of hydrogen-bond acceptors (Lipinski definition) is 3. The van der Waals surface area contributed by atoms with Crippen molar-refractivity contribution in [1.29, 1.82) is 0 Å². The fraction of sp³-hybridized carbons (Fsp3) is 0.318. The summed E-state index contributed by atoms with van der Waals surface area (Å²) in [6.07, 6.45) is 9.86. The molecule has 0 amide bonds. The van der Waals surface area contributed by atoms with Crippen LogP contribution in [0.15, 0.2) is 67.4 Å². The van der Waals surface area contributed by atoms with Gasteiger partial charge in [-0.1, -0.05) is 6.07 Å². The van der Waals surface area contributed by atoms with Crippen molar-refractivity contribution in [3.63, 3.8) is 0 Å². The van der Waals surface area contributed by atoms with Crippen LogP contribution in [0.1, 0.15) is 49.7 Å². The number of nitrogens with one attached hydrogen (secondary N) is 1. The van der Waals surface area contributed by atoms with Gasteiger partial charge in [0, 0.05) is 43.1 Å². The Balaban J connectivity index is 1.74. The molecule has 3 aromatic rings. The maximum absolute atomic E-state index is 5.74. The molecule has 1 saturated heterocycles. The van der Waals surface area contributed by atoms with E-state index in [1.54, 1.807) is 0 Å². The Hall–Kier alpha value is -2.73. The first-order valence-electron chi connectivity index (χ1n) is 9.49.